The van der Waals surface area contributed by atoms with E-state index in [1.165, 1.54) is 0 Å². The van der Waals surface area contributed by atoms with Crippen molar-refractivity contribution in [3.8, 4) is 0 Å². The fourth-order valence-corrected chi connectivity index (χ4v) is 1.49. The van der Waals surface area contributed by atoms with E-state index in [0.29, 0.717) is 6.04 Å². The quantitative estimate of drug-likeness (QED) is 0.793. The highest BCUT2D eigenvalue weighted by molar-refractivity contribution is 5.03. The molecule has 0 amide bonds. The van der Waals surface area contributed by atoms with E-state index in [1.54, 1.807) is 6.20 Å². The summed E-state index contributed by atoms with van der Waals surface area (Å²) in [6, 6.07) is 4.38. The van der Waals surface area contributed by atoms with Gasteiger partial charge in [0.25, 0.3) is 0 Å². The van der Waals surface area contributed by atoms with Gasteiger partial charge in [-0.25, -0.2) is 0 Å². The Bertz CT molecular complexity index is 264. The smallest absolute Gasteiger partial charge is 0.0646 e. The third-order valence-corrected chi connectivity index (χ3v) is 2.43. The highest BCUT2D eigenvalue weighted by Gasteiger charge is 2.23. The Morgan fingerprint density at radius 3 is 2.57 bits per heavy atom. The Morgan fingerprint density at radius 2 is 2.14 bits per heavy atom. The summed E-state index contributed by atoms with van der Waals surface area (Å²) >= 11 is 0. The Morgan fingerprint density at radius 1 is 1.43 bits per heavy atom. The van der Waals surface area contributed by atoms with Crippen LogP contribution < -0.4 is 5.32 Å². The summed E-state index contributed by atoms with van der Waals surface area (Å²) in [5, 5.41) is 11.3. The van der Waals surface area contributed by atoms with E-state index in [2.05, 4.69) is 36.3 Å². The molecule has 1 N–H and O–H groups in total. The number of likely N-dealkylation sites (N-methyl/N-ethyl adjacent to an activating group) is 1. The topological polar surface area (TPSA) is 37.8 Å². The Balaban J connectivity index is 2.67. The predicted octanol–water partition coefficient (Wildman–Crippen LogP) is 1.65. The number of nitrogens with zero attached hydrogens (tertiary/aromatic N) is 2. The molecule has 78 valence electrons. The van der Waals surface area contributed by atoms with Crippen LogP contribution in [0, 0.1) is 5.41 Å². The van der Waals surface area contributed by atoms with Crippen LogP contribution in [-0.2, 0) is 6.42 Å². The van der Waals surface area contributed by atoms with Crippen LogP contribution in [-0.4, -0.2) is 23.3 Å². The summed E-state index contributed by atoms with van der Waals surface area (Å²) in [5.74, 6) is 0. The van der Waals surface area contributed by atoms with Gasteiger partial charge in [0.2, 0.25) is 0 Å². The largest absolute Gasteiger partial charge is 0.316 e. The lowest BCUT2D eigenvalue weighted by Gasteiger charge is -2.30. The van der Waals surface area contributed by atoms with Crippen LogP contribution in [0.5, 0.6) is 0 Å². The molecule has 0 spiro atoms. The first-order valence-corrected chi connectivity index (χ1v) is 4.98. The molecule has 3 heteroatoms. The SMILES string of the molecule is CNC(Cc1cccnn1)C(C)(C)C. The lowest BCUT2D eigenvalue weighted by atomic mass is 9.84. The maximum absolute atomic E-state index is 4.09. The van der Waals surface area contributed by atoms with Crippen molar-refractivity contribution in [2.45, 2.75) is 33.2 Å². The molecule has 0 fully saturated rings. The van der Waals surface area contributed by atoms with Crippen molar-refractivity contribution in [3.63, 3.8) is 0 Å². The number of hydrogen-bond acceptors (Lipinski definition) is 3. The minimum atomic E-state index is 0.242. The van der Waals surface area contributed by atoms with E-state index < -0.39 is 0 Å². The molecular weight excluding hydrogens is 174 g/mol. The van der Waals surface area contributed by atoms with Gasteiger partial charge in [-0.05, 0) is 24.6 Å². The standard InChI is InChI=1S/C11H19N3/c1-11(2,3)10(12-4)8-9-6-5-7-13-14-9/h5-7,10,12H,8H2,1-4H3. The van der Waals surface area contributed by atoms with Gasteiger partial charge in [-0.2, -0.15) is 10.2 Å². The van der Waals surface area contributed by atoms with E-state index >= 15 is 0 Å². The first-order valence-electron chi connectivity index (χ1n) is 4.98. The van der Waals surface area contributed by atoms with Gasteiger partial charge < -0.3 is 5.32 Å². The van der Waals surface area contributed by atoms with E-state index in [-0.39, 0.29) is 5.41 Å². The monoisotopic (exact) mass is 193 g/mol. The van der Waals surface area contributed by atoms with Crippen molar-refractivity contribution in [2.75, 3.05) is 7.05 Å². The molecule has 1 rings (SSSR count). The van der Waals surface area contributed by atoms with Gasteiger partial charge in [0.05, 0.1) is 5.69 Å². The number of hydrogen-bond donors (Lipinski definition) is 1. The minimum absolute atomic E-state index is 0.242. The zero-order valence-corrected chi connectivity index (χ0v) is 9.41. The lowest BCUT2D eigenvalue weighted by molar-refractivity contribution is 0.278. The van der Waals surface area contributed by atoms with Gasteiger partial charge in [-0.15, -0.1) is 0 Å². The van der Waals surface area contributed by atoms with Gasteiger partial charge in [-0.1, -0.05) is 20.8 Å². The summed E-state index contributed by atoms with van der Waals surface area (Å²) in [6.07, 6.45) is 2.63. The molecule has 0 saturated carbocycles. The van der Waals surface area contributed by atoms with Gasteiger partial charge in [0.15, 0.2) is 0 Å². The maximum atomic E-state index is 4.09. The van der Waals surface area contributed by atoms with Crippen LogP contribution in [0.4, 0.5) is 0 Å². The second-order valence-electron chi connectivity index (χ2n) is 4.63. The van der Waals surface area contributed by atoms with Crippen molar-refractivity contribution in [3.05, 3.63) is 24.0 Å². The molecule has 0 aliphatic carbocycles. The maximum Gasteiger partial charge on any atom is 0.0646 e. The molecule has 1 aromatic rings. The summed E-state index contributed by atoms with van der Waals surface area (Å²) in [6.45, 7) is 6.68. The van der Waals surface area contributed by atoms with Crippen molar-refractivity contribution in [2.24, 2.45) is 5.41 Å². The van der Waals surface area contributed by atoms with Crippen LogP contribution >= 0.6 is 0 Å². The van der Waals surface area contributed by atoms with Gasteiger partial charge in [0.1, 0.15) is 0 Å². The summed E-state index contributed by atoms with van der Waals surface area (Å²) in [7, 11) is 1.99. The summed E-state index contributed by atoms with van der Waals surface area (Å²) in [4.78, 5) is 0. The zero-order chi connectivity index (χ0) is 10.6. The number of nitrogens with one attached hydrogen (secondary N) is 1. The lowest BCUT2D eigenvalue weighted by Crippen LogP contribution is -2.40. The average molecular weight is 193 g/mol. The van der Waals surface area contributed by atoms with Crippen molar-refractivity contribution >= 4 is 0 Å². The van der Waals surface area contributed by atoms with Crippen LogP contribution in [0.2, 0.25) is 0 Å². The van der Waals surface area contributed by atoms with Gasteiger partial charge in [-0.3, -0.25) is 0 Å². The zero-order valence-electron chi connectivity index (χ0n) is 9.41. The summed E-state index contributed by atoms with van der Waals surface area (Å²) in [5.41, 5.74) is 1.29. The highest BCUT2D eigenvalue weighted by atomic mass is 15.1. The van der Waals surface area contributed by atoms with Crippen LogP contribution in [0.25, 0.3) is 0 Å². The molecule has 0 bridgehead atoms. The van der Waals surface area contributed by atoms with Gasteiger partial charge >= 0.3 is 0 Å². The Labute approximate surface area is 85.9 Å². The Hall–Kier alpha value is -0.960. The number of aromatic nitrogens is 2. The van der Waals surface area contributed by atoms with Crippen molar-refractivity contribution in [1.29, 1.82) is 0 Å². The third kappa shape index (κ3) is 3.07. The van der Waals surface area contributed by atoms with E-state index in [0.717, 1.165) is 12.1 Å². The molecular formula is C11H19N3. The third-order valence-electron chi connectivity index (χ3n) is 2.43. The predicted molar refractivity (Wildman–Crippen MR) is 58.0 cm³/mol. The molecule has 0 saturated heterocycles. The van der Waals surface area contributed by atoms with Crippen LogP contribution in [0.15, 0.2) is 18.3 Å². The van der Waals surface area contributed by atoms with E-state index in [1.807, 2.05) is 19.2 Å². The average Bonchev–Trinajstić information content (AvgIpc) is 2.14. The normalized spacial score (nSPS) is 14.0. The molecule has 0 radical (unpaired) electrons. The van der Waals surface area contributed by atoms with Crippen LogP contribution in [0.1, 0.15) is 26.5 Å². The van der Waals surface area contributed by atoms with Crippen molar-refractivity contribution < 1.29 is 0 Å². The molecule has 14 heavy (non-hydrogen) atoms. The second-order valence-corrected chi connectivity index (χ2v) is 4.63. The highest BCUT2D eigenvalue weighted by Crippen LogP contribution is 2.21. The minimum Gasteiger partial charge on any atom is -0.316 e. The Kier molecular flexibility index (Phi) is 3.58. The number of rotatable bonds is 3. The fraction of sp³-hybridized carbons (Fsp3) is 0.636. The van der Waals surface area contributed by atoms with E-state index in [4.69, 9.17) is 0 Å². The molecule has 0 aliphatic heterocycles. The van der Waals surface area contributed by atoms with Crippen LogP contribution in [0.3, 0.4) is 0 Å². The van der Waals surface area contributed by atoms with Gasteiger partial charge in [0, 0.05) is 18.7 Å². The first kappa shape index (κ1) is 11.1. The molecule has 3 nitrogen and oxygen atoms in total. The van der Waals surface area contributed by atoms with E-state index in [9.17, 15) is 0 Å². The molecule has 0 aromatic carbocycles. The fourth-order valence-electron chi connectivity index (χ4n) is 1.49. The first-order chi connectivity index (χ1) is 6.54. The molecule has 1 atom stereocenters. The molecule has 1 unspecified atom stereocenters. The van der Waals surface area contributed by atoms with Crippen molar-refractivity contribution in [1.82, 2.24) is 15.5 Å². The molecule has 1 aromatic heterocycles. The summed E-state index contributed by atoms with van der Waals surface area (Å²) < 4.78 is 0. The second kappa shape index (κ2) is 4.51. The molecule has 0 aliphatic rings. The molecule has 1 heterocycles.